The van der Waals surface area contributed by atoms with Crippen molar-refractivity contribution in [2.45, 2.75) is 25.8 Å². The third-order valence-corrected chi connectivity index (χ3v) is 3.55. The molecule has 2 rings (SSSR count). The van der Waals surface area contributed by atoms with Crippen LogP contribution in [0.15, 0.2) is 30.5 Å². The highest BCUT2D eigenvalue weighted by Gasteiger charge is 2.26. The lowest BCUT2D eigenvalue weighted by Gasteiger charge is -2.13. The number of carbonyl (C=O) groups is 2. The molecule has 0 bridgehead atoms. The van der Waals surface area contributed by atoms with Gasteiger partial charge in [0.2, 0.25) is 6.43 Å². The number of aryl methyl sites for hydroxylation is 1. The molecule has 0 spiro atoms. The van der Waals surface area contributed by atoms with Gasteiger partial charge in [-0.25, -0.2) is 18.3 Å². The lowest BCUT2D eigenvalue weighted by molar-refractivity contribution is -0.140. The van der Waals surface area contributed by atoms with E-state index in [1.165, 1.54) is 4.68 Å². The molecule has 1 atom stereocenters. The van der Waals surface area contributed by atoms with Crippen LogP contribution in [-0.4, -0.2) is 39.2 Å². The van der Waals surface area contributed by atoms with Gasteiger partial charge in [-0.2, -0.15) is 5.10 Å². The number of nitrogens with zero attached hydrogens (tertiary/aromatic N) is 2. The fraction of sp³-hybridized carbons (Fsp3) is 0.267. The third kappa shape index (κ3) is 4.08. The Morgan fingerprint density at radius 1 is 1.38 bits per heavy atom. The van der Waals surface area contributed by atoms with Crippen LogP contribution in [0.5, 0.6) is 0 Å². The number of nitrogens with one attached hydrogen (secondary N) is 1. The Balaban J connectivity index is 2.25. The Bertz CT molecular complexity index is 764. The molecular formula is C15H14ClF2N3O3. The summed E-state index contributed by atoms with van der Waals surface area (Å²) in [6.07, 6.45) is -2.29. The predicted molar refractivity (Wildman–Crippen MR) is 82.8 cm³/mol. The van der Waals surface area contributed by atoms with Crippen LogP contribution in [0.4, 0.5) is 8.78 Å². The zero-order valence-corrected chi connectivity index (χ0v) is 13.3. The zero-order chi connectivity index (χ0) is 17.9. The van der Waals surface area contributed by atoms with Crippen LogP contribution in [0, 0.1) is 6.92 Å². The first-order valence-corrected chi connectivity index (χ1v) is 7.30. The minimum absolute atomic E-state index is 0.0598. The molecule has 0 radical (unpaired) electrons. The fourth-order valence-corrected chi connectivity index (χ4v) is 2.29. The first kappa shape index (κ1) is 17.9. The molecule has 0 saturated heterocycles. The maximum atomic E-state index is 12.4. The number of aliphatic carboxylic acids is 1. The number of hydrogen-bond acceptors (Lipinski definition) is 3. The van der Waals surface area contributed by atoms with Gasteiger partial charge >= 0.3 is 5.97 Å². The van der Waals surface area contributed by atoms with Gasteiger partial charge in [-0.1, -0.05) is 23.7 Å². The lowest BCUT2D eigenvalue weighted by atomic mass is 10.2. The topological polar surface area (TPSA) is 84.2 Å². The number of carboxylic acid groups (broad SMARTS) is 1. The second kappa shape index (κ2) is 7.39. The molecule has 0 aliphatic carbocycles. The number of hydrogen-bond donors (Lipinski definition) is 2. The van der Waals surface area contributed by atoms with Gasteiger partial charge in [0.1, 0.15) is 6.04 Å². The Labute approximate surface area is 141 Å². The van der Waals surface area contributed by atoms with Crippen molar-refractivity contribution in [1.29, 1.82) is 0 Å². The Morgan fingerprint density at radius 3 is 2.62 bits per heavy atom. The summed E-state index contributed by atoms with van der Waals surface area (Å²) >= 11 is 6.06. The van der Waals surface area contributed by atoms with Crippen molar-refractivity contribution in [3.63, 3.8) is 0 Å². The summed E-state index contributed by atoms with van der Waals surface area (Å²) in [6.45, 7) is 1.60. The van der Waals surface area contributed by atoms with Crippen molar-refractivity contribution in [2.75, 3.05) is 0 Å². The van der Waals surface area contributed by atoms with Crippen LogP contribution in [0.1, 0.15) is 22.5 Å². The monoisotopic (exact) mass is 357 g/mol. The molecule has 0 fully saturated rings. The first-order chi connectivity index (χ1) is 11.3. The Hall–Kier alpha value is -2.48. The van der Waals surface area contributed by atoms with Crippen molar-refractivity contribution < 1.29 is 23.5 Å². The van der Waals surface area contributed by atoms with E-state index >= 15 is 0 Å². The number of rotatable bonds is 6. The number of carbonyl (C=O) groups excluding carboxylic acids is 1. The maximum Gasteiger partial charge on any atom is 0.326 e. The number of alkyl halides is 2. The van der Waals surface area contributed by atoms with Crippen molar-refractivity contribution in [3.05, 3.63) is 46.7 Å². The van der Waals surface area contributed by atoms with E-state index in [1.807, 2.05) is 0 Å². The van der Waals surface area contributed by atoms with E-state index in [-0.39, 0.29) is 5.69 Å². The molecule has 2 N–H and O–H groups in total. The number of halogens is 3. The minimum atomic E-state index is -2.85. The van der Waals surface area contributed by atoms with Crippen molar-refractivity contribution in [1.82, 2.24) is 15.1 Å². The summed E-state index contributed by atoms with van der Waals surface area (Å²) < 4.78 is 26.2. The summed E-state index contributed by atoms with van der Waals surface area (Å²) in [6, 6.07) is 5.12. The van der Waals surface area contributed by atoms with Crippen molar-refractivity contribution in [2.24, 2.45) is 0 Å². The van der Waals surface area contributed by atoms with Crippen LogP contribution in [0.2, 0.25) is 5.02 Å². The van der Waals surface area contributed by atoms with Gasteiger partial charge in [0.15, 0.2) is 5.69 Å². The van der Waals surface area contributed by atoms with E-state index in [0.29, 0.717) is 16.3 Å². The van der Waals surface area contributed by atoms with Crippen LogP contribution < -0.4 is 5.32 Å². The molecule has 1 heterocycles. The molecule has 6 nitrogen and oxygen atoms in total. The van der Waals surface area contributed by atoms with Gasteiger partial charge in [0, 0.05) is 18.2 Å². The average Bonchev–Trinajstić information content (AvgIpc) is 2.88. The van der Waals surface area contributed by atoms with Crippen LogP contribution in [0.25, 0.3) is 5.69 Å². The molecule has 1 amide bonds. The van der Waals surface area contributed by atoms with Crippen molar-refractivity contribution in [3.8, 4) is 5.69 Å². The first-order valence-electron chi connectivity index (χ1n) is 6.92. The maximum absolute atomic E-state index is 12.4. The second-order valence-corrected chi connectivity index (χ2v) is 5.45. The molecule has 24 heavy (non-hydrogen) atoms. The average molecular weight is 358 g/mol. The molecule has 0 saturated carbocycles. The van der Waals surface area contributed by atoms with E-state index in [2.05, 4.69) is 10.4 Å². The summed E-state index contributed by atoms with van der Waals surface area (Å²) in [5.41, 5.74) is 0.924. The van der Waals surface area contributed by atoms with Gasteiger partial charge in [-0.15, -0.1) is 0 Å². The number of benzene rings is 1. The van der Waals surface area contributed by atoms with E-state index in [4.69, 9.17) is 16.7 Å². The number of aromatic nitrogens is 2. The van der Waals surface area contributed by atoms with Crippen LogP contribution >= 0.6 is 11.6 Å². The number of carboxylic acids is 1. The molecule has 2 aromatic rings. The zero-order valence-electron chi connectivity index (χ0n) is 12.5. The molecule has 9 heteroatoms. The van der Waals surface area contributed by atoms with Crippen LogP contribution in [-0.2, 0) is 4.79 Å². The molecule has 1 unspecified atom stereocenters. The van der Waals surface area contributed by atoms with E-state index in [9.17, 15) is 18.4 Å². The molecule has 1 aromatic carbocycles. The smallest absolute Gasteiger partial charge is 0.326 e. The van der Waals surface area contributed by atoms with Crippen molar-refractivity contribution >= 4 is 23.5 Å². The largest absolute Gasteiger partial charge is 0.480 e. The Morgan fingerprint density at radius 2 is 2.04 bits per heavy atom. The molecular weight excluding hydrogens is 344 g/mol. The summed E-state index contributed by atoms with van der Waals surface area (Å²) in [5.74, 6) is -2.38. The molecule has 0 aliphatic rings. The SMILES string of the molecule is Cc1cn(-c2ccccc2Cl)nc1C(=O)NC(CC(F)F)C(=O)O. The number of para-hydroxylation sites is 1. The molecule has 0 aliphatic heterocycles. The fourth-order valence-electron chi connectivity index (χ4n) is 2.07. The molecule has 1 aromatic heterocycles. The quantitative estimate of drug-likeness (QED) is 0.832. The highest BCUT2D eigenvalue weighted by molar-refractivity contribution is 6.32. The standard InChI is InChI=1S/C15H14ClF2N3O3/c1-8-7-21(11-5-3-2-4-9(11)16)20-13(8)14(22)19-10(15(23)24)6-12(17)18/h2-5,7,10,12H,6H2,1H3,(H,19,22)(H,23,24). The van der Waals surface area contributed by atoms with Gasteiger partial charge in [-0.3, -0.25) is 4.79 Å². The third-order valence-electron chi connectivity index (χ3n) is 3.23. The van der Waals surface area contributed by atoms with E-state index in [0.717, 1.165) is 0 Å². The highest BCUT2D eigenvalue weighted by Crippen LogP contribution is 2.20. The normalized spacial score (nSPS) is 12.2. The summed E-state index contributed by atoms with van der Waals surface area (Å²) in [7, 11) is 0. The van der Waals surface area contributed by atoms with Gasteiger partial charge < -0.3 is 10.4 Å². The highest BCUT2D eigenvalue weighted by atomic mass is 35.5. The minimum Gasteiger partial charge on any atom is -0.480 e. The van der Waals surface area contributed by atoms with Gasteiger partial charge in [0.05, 0.1) is 10.7 Å². The summed E-state index contributed by atoms with van der Waals surface area (Å²) in [4.78, 5) is 23.1. The van der Waals surface area contributed by atoms with Gasteiger partial charge in [-0.05, 0) is 19.1 Å². The van der Waals surface area contributed by atoms with E-state index < -0.39 is 30.8 Å². The van der Waals surface area contributed by atoms with Gasteiger partial charge in [0.25, 0.3) is 5.91 Å². The Kier molecular flexibility index (Phi) is 5.50. The number of amides is 1. The second-order valence-electron chi connectivity index (χ2n) is 5.05. The summed E-state index contributed by atoms with van der Waals surface area (Å²) in [5, 5.41) is 15.5. The molecule has 128 valence electrons. The lowest BCUT2D eigenvalue weighted by Crippen LogP contribution is -2.42. The van der Waals surface area contributed by atoms with E-state index in [1.54, 1.807) is 37.4 Å². The predicted octanol–water partition coefficient (Wildman–Crippen LogP) is 2.67. The van der Waals surface area contributed by atoms with Crippen LogP contribution in [0.3, 0.4) is 0 Å².